The van der Waals surface area contributed by atoms with E-state index < -0.39 is 39.3 Å². The summed E-state index contributed by atoms with van der Waals surface area (Å²) in [6.45, 7) is 5.55. The van der Waals surface area contributed by atoms with Gasteiger partial charge in [-0.2, -0.15) is 5.26 Å². The molecule has 9 nitrogen and oxygen atoms in total. The largest absolute Gasteiger partial charge is 0.444 e. The molecule has 3 rings (SSSR count). The topological polar surface area (TPSA) is 121 Å². The minimum atomic E-state index is -0.686. The first-order valence-electron chi connectivity index (χ1n) is 10.2. The fraction of sp³-hybridized carbons (Fsp3) is 0.476. The lowest BCUT2D eigenvalue weighted by atomic mass is 9.95. The molecule has 2 aromatic rings. The monoisotopic (exact) mass is 541 g/mol. The molecule has 1 aliphatic heterocycles. The number of nitro groups is 1. The molecule has 12 heteroatoms. The van der Waals surface area contributed by atoms with Crippen LogP contribution in [-0.4, -0.2) is 45.1 Å². The smallest absolute Gasteiger partial charge is 0.410 e. The normalized spacial score (nSPS) is 18.6. The number of nitriles is 1. The Bertz CT molecular complexity index is 1150. The number of carbonyl (C=O) groups is 1. The number of likely N-dealkylation sites (tertiary alicyclic amines) is 1. The lowest BCUT2D eigenvalue weighted by molar-refractivity contribution is -0.384. The summed E-state index contributed by atoms with van der Waals surface area (Å²) in [4.78, 5) is 29.1. The van der Waals surface area contributed by atoms with Gasteiger partial charge in [-0.05, 0) is 61.7 Å². The van der Waals surface area contributed by atoms with Gasteiger partial charge in [0, 0.05) is 24.0 Å². The van der Waals surface area contributed by atoms with Crippen LogP contribution >= 0.6 is 27.5 Å². The first-order chi connectivity index (χ1) is 15.4. The molecule has 0 aliphatic carbocycles. The number of nitrogens with one attached hydrogen (secondary N) is 1. The number of hydrogen-bond acceptors (Lipinski definition) is 7. The average Bonchev–Trinajstić information content (AvgIpc) is 2.70. The second-order valence-corrected chi connectivity index (χ2v) is 9.91. The van der Waals surface area contributed by atoms with Gasteiger partial charge in [-0.1, -0.05) is 11.6 Å². The molecule has 1 N–H and O–H groups in total. The Morgan fingerprint density at radius 3 is 2.82 bits per heavy atom. The summed E-state index contributed by atoms with van der Waals surface area (Å²) in [5.74, 6) is -0.686. The SMILES string of the molecule is CC(C)(C)OC(=O)N1CC[C@H](Nc2c([N+](=O)[O-])c(Cl)nc3c(F)c(Br)ccc23)C[C@H]1CC#N. The van der Waals surface area contributed by atoms with E-state index in [-0.39, 0.29) is 40.1 Å². The summed E-state index contributed by atoms with van der Waals surface area (Å²) in [7, 11) is 0. The number of fused-ring (bicyclic) bond motifs is 1. The number of halogens is 3. The van der Waals surface area contributed by atoms with Gasteiger partial charge in [-0.3, -0.25) is 10.1 Å². The zero-order valence-corrected chi connectivity index (χ0v) is 20.5. The van der Waals surface area contributed by atoms with E-state index >= 15 is 0 Å². The second-order valence-electron chi connectivity index (χ2n) is 8.70. The van der Waals surface area contributed by atoms with Gasteiger partial charge in [0.1, 0.15) is 16.8 Å². The number of nitrogens with zero attached hydrogens (tertiary/aromatic N) is 4. The van der Waals surface area contributed by atoms with Crippen LogP contribution in [0.2, 0.25) is 5.15 Å². The molecule has 1 saturated heterocycles. The van der Waals surface area contributed by atoms with Gasteiger partial charge in [-0.15, -0.1) is 0 Å². The zero-order valence-electron chi connectivity index (χ0n) is 18.2. The summed E-state index contributed by atoms with van der Waals surface area (Å²) in [5.41, 5.74) is -1.21. The Hall–Kier alpha value is -2.71. The Labute approximate surface area is 203 Å². The third kappa shape index (κ3) is 5.45. The van der Waals surface area contributed by atoms with E-state index in [2.05, 4.69) is 32.3 Å². The van der Waals surface area contributed by atoms with Crippen molar-refractivity contribution in [3.63, 3.8) is 0 Å². The third-order valence-corrected chi connectivity index (χ3v) is 6.06. The van der Waals surface area contributed by atoms with E-state index in [4.69, 9.17) is 16.3 Å². The van der Waals surface area contributed by atoms with Crippen LogP contribution in [0.1, 0.15) is 40.0 Å². The molecule has 0 radical (unpaired) electrons. The van der Waals surface area contributed by atoms with Crippen molar-refractivity contribution in [1.29, 1.82) is 5.26 Å². The molecule has 0 bridgehead atoms. The van der Waals surface area contributed by atoms with Crippen molar-refractivity contribution >= 4 is 55.9 Å². The first-order valence-corrected chi connectivity index (χ1v) is 11.3. The highest BCUT2D eigenvalue weighted by Gasteiger charge is 2.36. The summed E-state index contributed by atoms with van der Waals surface area (Å²) in [5, 5.41) is 23.9. The third-order valence-electron chi connectivity index (χ3n) is 5.18. The number of pyridine rings is 1. The van der Waals surface area contributed by atoms with Gasteiger partial charge in [0.25, 0.3) is 0 Å². The summed E-state index contributed by atoms with van der Waals surface area (Å²) in [6, 6.07) is 4.24. The lowest BCUT2D eigenvalue weighted by Gasteiger charge is -2.39. The van der Waals surface area contributed by atoms with Crippen molar-refractivity contribution in [3.8, 4) is 6.07 Å². The number of amides is 1. The number of rotatable bonds is 4. The molecule has 1 aromatic carbocycles. The van der Waals surface area contributed by atoms with Gasteiger partial charge in [0.05, 0.1) is 21.9 Å². The van der Waals surface area contributed by atoms with Crippen molar-refractivity contribution in [2.75, 3.05) is 11.9 Å². The van der Waals surface area contributed by atoms with Crippen LogP contribution in [-0.2, 0) is 4.74 Å². The summed E-state index contributed by atoms with van der Waals surface area (Å²) in [6.07, 6.45) is 0.318. The maximum atomic E-state index is 14.6. The van der Waals surface area contributed by atoms with Crippen LogP contribution in [0.3, 0.4) is 0 Å². The Balaban J connectivity index is 1.95. The number of carbonyl (C=O) groups excluding carboxylic acids is 1. The molecule has 1 amide bonds. The molecule has 2 atom stereocenters. The number of anilines is 1. The molecule has 0 unspecified atom stereocenters. The fourth-order valence-electron chi connectivity index (χ4n) is 3.79. The molecule has 33 heavy (non-hydrogen) atoms. The number of ether oxygens (including phenoxy) is 1. The maximum absolute atomic E-state index is 14.6. The van der Waals surface area contributed by atoms with Crippen LogP contribution in [0.15, 0.2) is 16.6 Å². The predicted octanol–water partition coefficient (Wildman–Crippen LogP) is 5.79. The van der Waals surface area contributed by atoms with E-state index in [1.165, 1.54) is 17.0 Å². The Morgan fingerprint density at radius 2 is 2.21 bits per heavy atom. The van der Waals surface area contributed by atoms with Crippen LogP contribution in [0.25, 0.3) is 10.9 Å². The second kappa shape index (κ2) is 9.65. The van der Waals surface area contributed by atoms with Gasteiger partial charge in [-0.25, -0.2) is 14.2 Å². The molecule has 176 valence electrons. The van der Waals surface area contributed by atoms with E-state index in [9.17, 15) is 24.6 Å². The van der Waals surface area contributed by atoms with Crippen molar-refractivity contribution in [1.82, 2.24) is 9.88 Å². The van der Waals surface area contributed by atoms with Crippen LogP contribution < -0.4 is 5.32 Å². The van der Waals surface area contributed by atoms with E-state index in [1.54, 1.807) is 20.8 Å². The average molecular weight is 543 g/mol. The van der Waals surface area contributed by atoms with Crippen molar-refractivity contribution in [2.45, 2.75) is 57.7 Å². The van der Waals surface area contributed by atoms with E-state index in [0.717, 1.165) is 0 Å². The quantitative estimate of drug-likeness (QED) is 0.295. The van der Waals surface area contributed by atoms with Gasteiger partial charge < -0.3 is 15.0 Å². The summed E-state index contributed by atoms with van der Waals surface area (Å²) < 4.78 is 20.3. The molecular weight excluding hydrogens is 521 g/mol. The summed E-state index contributed by atoms with van der Waals surface area (Å²) >= 11 is 9.15. The molecular formula is C21H22BrClFN5O4. The van der Waals surface area contributed by atoms with Crippen LogP contribution in [0.5, 0.6) is 0 Å². The van der Waals surface area contributed by atoms with Gasteiger partial charge in [0.15, 0.2) is 5.82 Å². The molecule has 1 fully saturated rings. The van der Waals surface area contributed by atoms with Crippen LogP contribution in [0.4, 0.5) is 20.6 Å². The standard InChI is InChI=1S/C21H22BrClFN5O4/c1-21(2,3)33-20(30)28-9-7-11(10-12(28)6-8-25)26-17-13-4-5-14(22)15(24)16(13)27-19(23)18(17)29(31)32/h4-5,11-12H,6-7,9-10H2,1-3H3,(H,26,27)/t11-,12+/m0/s1. The number of hydrogen-bond donors (Lipinski definition) is 1. The first kappa shape index (κ1) is 24.9. The lowest BCUT2D eigenvalue weighted by Crippen LogP contribution is -2.50. The zero-order chi connectivity index (χ0) is 24.5. The highest BCUT2D eigenvalue weighted by molar-refractivity contribution is 9.10. The van der Waals surface area contributed by atoms with Gasteiger partial charge in [0.2, 0.25) is 5.15 Å². The fourth-order valence-corrected chi connectivity index (χ4v) is 4.36. The molecule has 1 aromatic heterocycles. The number of benzene rings is 1. The van der Waals surface area contributed by atoms with Crippen molar-refractivity contribution in [2.24, 2.45) is 0 Å². The number of aromatic nitrogens is 1. The number of piperidine rings is 1. The molecule has 0 saturated carbocycles. The molecule has 0 spiro atoms. The van der Waals surface area contributed by atoms with Crippen molar-refractivity contribution < 1.29 is 18.8 Å². The van der Waals surface area contributed by atoms with Crippen LogP contribution in [0, 0.1) is 27.3 Å². The minimum absolute atomic E-state index is 0.0489. The Kier molecular flexibility index (Phi) is 7.29. The van der Waals surface area contributed by atoms with Gasteiger partial charge >= 0.3 is 11.8 Å². The minimum Gasteiger partial charge on any atom is -0.444 e. The van der Waals surface area contributed by atoms with E-state index in [1.807, 2.05) is 0 Å². The van der Waals surface area contributed by atoms with E-state index in [0.29, 0.717) is 12.8 Å². The Morgan fingerprint density at radius 1 is 1.52 bits per heavy atom. The van der Waals surface area contributed by atoms with Crippen molar-refractivity contribution in [3.05, 3.63) is 37.7 Å². The molecule has 1 aliphatic rings. The maximum Gasteiger partial charge on any atom is 0.410 e. The highest BCUT2D eigenvalue weighted by Crippen LogP contribution is 2.40. The molecule has 2 heterocycles. The predicted molar refractivity (Wildman–Crippen MR) is 125 cm³/mol. The highest BCUT2D eigenvalue weighted by atomic mass is 79.9.